The summed E-state index contributed by atoms with van der Waals surface area (Å²) >= 11 is 1.55. The summed E-state index contributed by atoms with van der Waals surface area (Å²) < 4.78 is 1.69. The second-order valence-electron chi connectivity index (χ2n) is 2.51. The molecule has 2 aromatic rings. The van der Waals surface area contributed by atoms with Gasteiger partial charge in [0.2, 0.25) is 4.96 Å². The van der Waals surface area contributed by atoms with Crippen LogP contribution in [0.5, 0.6) is 0 Å². The minimum absolute atomic E-state index is 0.275. The molecule has 12 heavy (non-hydrogen) atoms. The fourth-order valence-corrected chi connectivity index (χ4v) is 1.75. The Hall–Kier alpha value is -1.01. The smallest absolute Gasteiger partial charge is 0.234 e. The van der Waals surface area contributed by atoms with Crippen molar-refractivity contribution < 1.29 is 0 Å². The second kappa shape index (κ2) is 2.80. The maximum Gasteiger partial charge on any atom is 0.234 e. The Balaban J connectivity index is 2.44. The Morgan fingerprint density at radius 3 is 3.17 bits per heavy atom. The first-order valence-corrected chi connectivity index (χ1v) is 4.47. The van der Waals surface area contributed by atoms with Crippen LogP contribution in [0.1, 0.15) is 18.0 Å². The minimum Gasteiger partial charge on any atom is -0.311 e. The third-order valence-electron chi connectivity index (χ3n) is 1.71. The van der Waals surface area contributed by atoms with E-state index in [1.165, 1.54) is 0 Å². The Morgan fingerprint density at radius 1 is 1.67 bits per heavy atom. The molecule has 2 aromatic heterocycles. The summed E-state index contributed by atoms with van der Waals surface area (Å²) in [7, 11) is 1.91. The van der Waals surface area contributed by atoms with Gasteiger partial charge in [0.05, 0.1) is 6.04 Å². The molecule has 6 heteroatoms. The van der Waals surface area contributed by atoms with Crippen LogP contribution in [-0.2, 0) is 0 Å². The lowest BCUT2D eigenvalue weighted by Gasteiger charge is -2.02. The van der Waals surface area contributed by atoms with E-state index in [4.69, 9.17) is 0 Å². The summed E-state index contributed by atoms with van der Waals surface area (Å²) in [5.41, 5.74) is 0. The van der Waals surface area contributed by atoms with Gasteiger partial charge < -0.3 is 5.32 Å². The lowest BCUT2D eigenvalue weighted by atomic mass is 10.4. The Bertz CT molecular complexity index is 349. The highest BCUT2D eigenvalue weighted by Gasteiger charge is 2.09. The Kier molecular flexibility index (Phi) is 1.78. The normalized spacial score (nSPS) is 13.8. The Labute approximate surface area is 73.4 Å². The molecule has 1 unspecified atom stereocenters. The van der Waals surface area contributed by atoms with Crippen LogP contribution in [0.4, 0.5) is 0 Å². The van der Waals surface area contributed by atoms with Gasteiger partial charge in [-0.25, -0.2) is 0 Å². The van der Waals surface area contributed by atoms with E-state index in [1.54, 1.807) is 22.2 Å². The summed E-state index contributed by atoms with van der Waals surface area (Å²) in [5, 5.41) is 16.1. The number of aromatic nitrogens is 4. The van der Waals surface area contributed by atoms with Crippen molar-refractivity contribution in [3.63, 3.8) is 0 Å². The van der Waals surface area contributed by atoms with E-state index in [2.05, 4.69) is 27.5 Å². The number of fused-ring (bicyclic) bond motifs is 1. The number of rotatable bonds is 2. The molecular weight excluding hydrogens is 174 g/mol. The topological polar surface area (TPSA) is 55.1 Å². The fraction of sp³-hybridized carbons (Fsp3) is 0.500. The molecule has 64 valence electrons. The maximum absolute atomic E-state index is 4.29. The van der Waals surface area contributed by atoms with E-state index < -0.39 is 0 Å². The molecule has 2 heterocycles. The van der Waals surface area contributed by atoms with Gasteiger partial charge in [0, 0.05) is 0 Å². The highest BCUT2D eigenvalue weighted by molar-refractivity contribution is 7.16. The molecule has 5 nitrogen and oxygen atoms in total. The average molecular weight is 183 g/mol. The summed E-state index contributed by atoms with van der Waals surface area (Å²) in [5.74, 6) is 0. The SMILES string of the molecule is CNC(C)c1nn2cnnc2s1. The molecular formula is C6H9N5S. The van der Waals surface area contributed by atoms with E-state index in [9.17, 15) is 0 Å². The molecule has 0 aliphatic carbocycles. The average Bonchev–Trinajstić information content (AvgIpc) is 2.60. The monoisotopic (exact) mass is 183 g/mol. The van der Waals surface area contributed by atoms with Gasteiger partial charge in [-0.2, -0.15) is 9.61 Å². The second-order valence-corrected chi connectivity index (χ2v) is 3.50. The summed E-state index contributed by atoms with van der Waals surface area (Å²) in [6.07, 6.45) is 1.61. The van der Waals surface area contributed by atoms with Crippen molar-refractivity contribution in [2.24, 2.45) is 0 Å². The van der Waals surface area contributed by atoms with Crippen molar-refractivity contribution >= 4 is 16.3 Å². The summed E-state index contributed by atoms with van der Waals surface area (Å²) in [6, 6.07) is 0.275. The maximum atomic E-state index is 4.29. The minimum atomic E-state index is 0.275. The van der Waals surface area contributed by atoms with Crippen molar-refractivity contribution in [1.29, 1.82) is 0 Å². The van der Waals surface area contributed by atoms with Gasteiger partial charge in [0.25, 0.3) is 0 Å². The standard InChI is InChI=1S/C6H9N5S/c1-4(7-2)5-10-11-3-8-9-6(11)12-5/h3-4,7H,1-2H3. The molecule has 0 aliphatic heterocycles. The van der Waals surface area contributed by atoms with E-state index >= 15 is 0 Å². The van der Waals surface area contributed by atoms with Crippen LogP contribution in [0.3, 0.4) is 0 Å². The van der Waals surface area contributed by atoms with Crippen molar-refractivity contribution in [2.45, 2.75) is 13.0 Å². The zero-order valence-electron chi connectivity index (χ0n) is 6.85. The molecule has 0 aromatic carbocycles. The number of nitrogens with one attached hydrogen (secondary N) is 1. The highest BCUT2D eigenvalue weighted by atomic mass is 32.1. The van der Waals surface area contributed by atoms with E-state index in [1.807, 2.05) is 7.05 Å². The molecule has 1 atom stereocenters. The predicted octanol–water partition coefficient (Wildman–Crippen LogP) is 0.466. The number of hydrogen-bond acceptors (Lipinski definition) is 5. The van der Waals surface area contributed by atoms with Gasteiger partial charge in [-0.3, -0.25) is 0 Å². The first-order valence-electron chi connectivity index (χ1n) is 3.65. The zero-order valence-corrected chi connectivity index (χ0v) is 7.67. The van der Waals surface area contributed by atoms with Crippen LogP contribution in [-0.4, -0.2) is 26.9 Å². The first-order chi connectivity index (χ1) is 5.81. The number of hydrogen-bond donors (Lipinski definition) is 1. The van der Waals surface area contributed by atoms with Crippen LogP contribution in [0.2, 0.25) is 0 Å². The van der Waals surface area contributed by atoms with E-state index in [0.29, 0.717) is 0 Å². The van der Waals surface area contributed by atoms with E-state index in [-0.39, 0.29) is 6.04 Å². The first kappa shape index (κ1) is 7.63. The van der Waals surface area contributed by atoms with Crippen LogP contribution >= 0.6 is 11.3 Å². The summed E-state index contributed by atoms with van der Waals surface area (Å²) in [4.78, 5) is 0.840. The quantitative estimate of drug-likeness (QED) is 0.735. The molecule has 0 saturated heterocycles. The third-order valence-corrected chi connectivity index (χ3v) is 2.80. The largest absolute Gasteiger partial charge is 0.311 e. The molecule has 0 aliphatic rings. The third kappa shape index (κ3) is 1.09. The van der Waals surface area contributed by atoms with Gasteiger partial charge in [0.15, 0.2) is 0 Å². The van der Waals surface area contributed by atoms with Gasteiger partial charge in [-0.1, -0.05) is 11.3 Å². The van der Waals surface area contributed by atoms with Crippen molar-refractivity contribution in [3.05, 3.63) is 11.3 Å². The molecule has 0 spiro atoms. The van der Waals surface area contributed by atoms with Crippen molar-refractivity contribution in [2.75, 3.05) is 7.05 Å². The van der Waals surface area contributed by atoms with Gasteiger partial charge in [0.1, 0.15) is 11.3 Å². The molecule has 0 saturated carbocycles. The van der Waals surface area contributed by atoms with Gasteiger partial charge in [-0.15, -0.1) is 10.2 Å². The van der Waals surface area contributed by atoms with Crippen LogP contribution < -0.4 is 5.32 Å². The lowest BCUT2D eigenvalue weighted by molar-refractivity contribution is 0.635. The zero-order chi connectivity index (χ0) is 8.55. The lowest BCUT2D eigenvalue weighted by Crippen LogP contribution is -2.12. The molecule has 0 fully saturated rings. The molecule has 0 amide bonds. The molecule has 2 rings (SSSR count). The van der Waals surface area contributed by atoms with Gasteiger partial charge >= 0.3 is 0 Å². The number of nitrogens with zero attached hydrogens (tertiary/aromatic N) is 4. The molecule has 0 radical (unpaired) electrons. The van der Waals surface area contributed by atoms with Gasteiger partial charge in [-0.05, 0) is 14.0 Å². The predicted molar refractivity (Wildman–Crippen MR) is 46.1 cm³/mol. The van der Waals surface area contributed by atoms with Crippen molar-refractivity contribution in [1.82, 2.24) is 25.1 Å². The van der Waals surface area contributed by atoms with Crippen LogP contribution in [0.25, 0.3) is 4.96 Å². The summed E-state index contributed by atoms with van der Waals surface area (Å²) in [6.45, 7) is 2.06. The highest BCUT2D eigenvalue weighted by Crippen LogP contribution is 2.18. The van der Waals surface area contributed by atoms with Crippen LogP contribution in [0.15, 0.2) is 6.33 Å². The van der Waals surface area contributed by atoms with E-state index in [0.717, 1.165) is 9.97 Å². The molecule has 1 N–H and O–H groups in total. The Morgan fingerprint density at radius 2 is 2.50 bits per heavy atom. The van der Waals surface area contributed by atoms with Crippen LogP contribution in [0, 0.1) is 0 Å². The molecule has 0 bridgehead atoms. The van der Waals surface area contributed by atoms with Crippen molar-refractivity contribution in [3.8, 4) is 0 Å². The fourth-order valence-electron chi connectivity index (χ4n) is 0.874.